The van der Waals surface area contributed by atoms with Gasteiger partial charge in [0, 0.05) is 43.6 Å². The van der Waals surface area contributed by atoms with Gasteiger partial charge in [0.1, 0.15) is 29.9 Å². The van der Waals surface area contributed by atoms with Crippen LogP contribution in [-0.4, -0.2) is 58.4 Å². The number of nitrogens with zero attached hydrogens (tertiary/aromatic N) is 2. The van der Waals surface area contributed by atoms with Gasteiger partial charge in [-0.15, -0.1) is 6.58 Å². The van der Waals surface area contributed by atoms with E-state index in [4.69, 9.17) is 24.2 Å². The van der Waals surface area contributed by atoms with Crippen LogP contribution in [0, 0.1) is 23.7 Å². The topological polar surface area (TPSA) is 110 Å². The van der Waals surface area contributed by atoms with Crippen LogP contribution in [0.15, 0.2) is 163 Å². The number of aliphatic hydroxyl groups excluding tert-OH is 2. The van der Waals surface area contributed by atoms with Gasteiger partial charge in [-0.1, -0.05) is 133 Å². The Morgan fingerprint density at radius 2 is 1.51 bits per heavy atom. The van der Waals surface area contributed by atoms with E-state index in [-0.39, 0.29) is 56.0 Å². The number of hydrogen-bond donors (Lipinski definition) is 2. The fraction of sp³-hybridized carbons (Fsp3) is 0.356. The van der Waals surface area contributed by atoms with Crippen LogP contribution < -0.4 is 9.47 Å². The Morgan fingerprint density at radius 1 is 0.794 bits per heavy atom. The lowest BCUT2D eigenvalue weighted by atomic mass is 9.55. The molecule has 0 saturated heterocycles. The quantitative estimate of drug-likeness (QED) is 0.0446. The molecule has 0 aromatic heterocycles. The highest BCUT2D eigenvalue weighted by Gasteiger charge is 2.66. The zero-order chi connectivity index (χ0) is 46.5. The Labute approximate surface area is 399 Å². The first kappa shape index (κ1) is 45.5. The Kier molecular flexibility index (Phi) is 13.7. The van der Waals surface area contributed by atoms with E-state index < -0.39 is 17.7 Å². The van der Waals surface area contributed by atoms with E-state index in [2.05, 4.69) is 84.3 Å². The van der Waals surface area contributed by atoms with Gasteiger partial charge in [-0.3, -0.25) is 4.79 Å². The lowest BCUT2D eigenvalue weighted by molar-refractivity contribution is -0.258. The highest BCUT2D eigenvalue weighted by atomic mass is 16.7. The third kappa shape index (κ3) is 9.32. The summed E-state index contributed by atoms with van der Waals surface area (Å²) in [6, 6.07) is 44.7. The summed E-state index contributed by atoms with van der Waals surface area (Å²) in [7, 11) is 0. The van der Waals surface area contributed by atoms with Crippen LogP contribution in [-0.2, 0) is 27.5 Å². The molecule has 9 nitrogen and oxygen atoms in total. The summed E-state index contributed by atoms with van der Waals surface area (Å²) >= 11 is 0. The van der Waals surface area contributed by atoms with Gasteiger partial charge in [0.15, 0.2) is 0 Å². The van der Waals surface area contributed by atoms with Gasteiger partial charge in [0.2, 0.25) is 11.7 Å². The molecule has 350 valence electrons. The third-order valence-electron chi connectivity index (χ3n) is 14.7. The molecule has 6 aromatic carbocycles. The average Bonchev–Trinajstić information content (AvgIpc) is 4.23. The largest absolute Gasteiger partial charge is 0.459 e. The maximum atomic E-state index is 15.2. The van der Waals surface area contributed by atoms with Crippen molar-refractivity contribution in [3.8, 4) is 17.2 Å². The fourth-order valence-electron chi connectivity index (χ4n) is 11.4. The van der Waals surface area contributed by atoms with Crippen molar-refractivity contribution in [3.63, 3.8) is 0 Å². The highest BCUT2D eigenvalue weighted by molar-refractivity contribution is 6.03. The van der Waals surface area contributed by atoms with Gasteiger partial charge in [0.25, 0.3) is 0 Å². The molecule has 10 rings (SSSR count). The minimum absolute atomic E-state index is 0.0788. The summed E-state index contributed by atoms with van der Waals surface area (Å²) < 4.78 is 21.6. The van der Waals surface area contributed by atoms with Crippen molar-refractivity contribution in [2.45, 2.75) is 88.7 Å². The first-order chi connectivity index (χ1) is 33.5. The van der Waals surface area contributed by atoms with Gasteiger partial charge in [-0.05, 0) is 119 Å². The second-order valence-electron chi connectivity index (χ2n) is 19.0. The van der Waals surface area contributed by atoms with Crippen molar-refractivity contribution >= 4 is 33.2 Å². The van der Waals surface area contributed by atoms with Crippen LogP contribution in [0.4, 0.5) is 0 Å². The number of carbonyl (C=O) groups excluding carboxylic acids is 1. The number of hydrogen-bond acceptors (Lipinski definition) is 8. The predicted octanol–water partition coefficient (Wildman–Crippen LogP) is 12.1. The van der Waals surface area contributed by atoms with Gasteiger partial charge < -0.3 is 34.2 Å². The van der Waals surface area contributed by atoms with Crippen molar-refractivity contribution in [2.24, 2.45) is 28.8 Å². The minimum atomic E-state index is -1.36. The van der Waals surface area contributed by atoms with E-state index in [0.717, 1.165) is 93.8 Å². The number of fused-ring (bicyclic) bond motifs is 4. The monoisotopic (exact) mass is 910 g/mol. The summed E-state index contributed by atoms with van der Waals surface area (Å²) in [5.41, 5.74) is 4.85. The minimum Gasteiger partial charge on any atom is -0.459 e. The Balaban J connectivity index is 1.16. The summed E-state index contributed by atoms with van der Waals surface area (Å²) in [5.74, 6) is 0.314. The second-order valence-corrected chi connectivity index (χ2v) is 19.0. The van der Waals surface area contributed by atoms with Crippen LogP contribution >= 0.6 is 0 Å². The molecule has 4 aliphatic rings. The molecule has 2 fully saturated rings. The SMILES string of the molecule is C=CCO[C@@]12Oc3ccc(Oc4ccc5ccccc5c4)cc3[C@H]3[C@H](CCCCO)[C@@H](CCCCO)C=C(C(=NOCc4ccccc4)C[C@@H]1N(Cc1cccc4ccccc14)C(=O)C1CC1)[C@H]32. The standard InChI is InChI=1S/C59H62N2O7/c1-2-33-65-59-55(61(58(64)43-25-26-43)38-46-22-14-21-42-18-8-9-23-49(42)46)37-53(60-66-39-40-15-4-3-5-16-40)51-35-45(20-10-12-31-62)50(24-11-13-32-63)56(57(51)59)52-36-48(29-30-54(52)68-59)67-47-28-27-41-17-6-7-19-44(41)34-47/h2-9,14-19,21-23,27-30,34-36,43,45,50,55-57,62-63H,1,10-13,20,24-26,31-33,37-39H2/t45-,50+,55-,56+,57+,59+/m0/s1. The normalized spacial score (nSPS) is 23.3. The van der Waals surface area contributed by atoms with Crippen LogP contribution in [0.2, 0.25) is 0 Å². The number of oxime groups is 1. The van der Waals surface area contributed by atoms with Gasteiger partial charge in [0.05, 0.1) is 18.2 Å². The van der Waals surface area contributed by atoms with E-state index >= 15 is 4.79 Å². The highest BCUT2D eigenvalue weighted by Crippen LogP contribution is 2.62. The smallest absolute Gasteiger partial charge is 0.239 e. The number of carbonyl (C=O) groups is 1. The number of rotatable bonds is 20. The molecule has 0 unspecified atom stereocenters. The number of ether oxygens (including phenoxy) is 3. The average molecular weight is 911 g/mol. The van der Waals surface area contributed by atoms with Crippen molar-refractivity contribution in [1.82, 2.24) is 4.90 Å². The lowest BCUT2D eigenvalue weighted by Gasteiger charge is -2.60. The molecule has 3 aliphatic carbocycles. The van der Waals surface area contributed by atoms with Crippen molar-refractivity contribution in [3.05, 3.63) is 174 Å². The lowest BCUT2D eigenvalue weighted by Crippen LogP contribution is -2.70. The summed E-state index contributed by atoms with van der Waals surface area (Å²) in [5, 5.41) is 29.7. The summed E-state index contributed by atoms with van der Waals surface area (Å²) in [6.07, 6.45) is 10.9. The number of aliphatic hydroxyl groups is 2. The van der Waals surface area contributed by atoms with E-state index in [9.17, 15) is 10.2 Å². The molecule has 2 saturated carbocycles. The van der Waals surface area contributed by atoms with Crippen molar-refractivity contribution < 1.29 is 34.1 Å². The van der Waals surface area contributed by atoms with E-state index in [1.807, 2.05) is 66.7 Å². The van der Waals surface area contributed by atoms with Crippen molar-refractivity contribution in [1.29, 1.82) is 0 Å². The fourth-order valence-corrected chi connectivity index (χ4v) is 11.4. The number of amides is 1. The molecular weight excluding hydrogens is 849 g/mol. The number of benzene rings is 6. The van der Waals surface area contributed by atoms with E-state index in [1.165, 1.54) is 0 Å². The van der Waals surface area contributed by atoms with Crippen molar-refractivity contribution in [2.75, 3.05) is 19.8 Å². The molecule has 0 bridgehead atoms. The molecule has 2 N–H and O–H groups in total. The van der Waals surface area contributed by atoms with Crippen LogP contribution in [0.1, 0.15) is 80.4 Å². The van der Waals surface area contributed by atoms with Gasteiger partial charge >= 0.3 is 0 Å². The first-order valence-electron chi connectivity index (χ1n) is 24.7. The Bertz CT molecular complexity index is 2800. The Morgan fingerprint density at radius 3 is 2.31 bits per heavy atom. The van der Waals surface area contributed by atoms with E-state index in [0.29, 0.717) is 37.3 Å². The second kappa shape index (κ2) is 20.5. The number of unbranched alkanes of at least 4 members (excludes halogenated alkanes) is 2. The van der Waals surface area contributed by atoms with Gasteiger partial charge in [-0.2, -0.15) is 0 Å². The third-order valence-corrected chi connectivity index (χ3v) is 14.7. The maximum absolute atomic E-state index is 15.2. The molecule has 1 aliphatic heterocycles. The van der Waals surface area contributed by atoms with Gasteiger partial charge in [-0.25, -0.2) is 0 Å². The zero-order valence-electron chi connectivity index (χ0n) is 38.8. The molecule has 6 atom stereocenters. The zero-order valence-corrected chi connectivity index (χ0v) is 38.8. The molecule has 0 spiro atoms. The Hall–Kier alpha value is -6.26. The molecule has 0 radical (unpaired) electrons. The predicted molar refractivity (Wildman–Crippen MR) is 267 cm³/mol. The number of allylic oxidation sites excluding steroid dienone is 1. The summed E-state index contributed by atoms with van der Waals surface area (Å²) in [4.78, 5) is 23.6. The van der Waals surface area contributed by atoms with Crippen LogP contribution in [0.25, 0.3) is 21.5 Å². The van der Waals surface area contributed by atoms with Crippen LogP contribution in [0.3, 0.4) is 0 Å². The molecule has 6 aromatic rings. The maximum Gasteiger partial charge on any atom is 0.239 e. The molecule has 1 heterocycles. The molecular formula is C59H62N2O7. The first-order valence-corrected chi connectivity index (χ1v) is 24.7. The molecule has 68 heavy (non-hydrogen) atoms. The van der Waals surface area contributed by atoms with E-state index in [1.54, 1.807) is 6.08 Å². The van der Waals surface area contributed by atoms with Crippen LogP contribution in [0.5, 0.6) is 17.2 Å². The molecule has 9 heteroatoms. The summed E-state index contributed by atoms with van der Waals surface area (Å²) in [6.45, 7) is 5.20. The molecule has 1 amide bonds.